The van der Waals surface area contributed by atoms with E-state index in [0.717, 1.165) is 16.8 Å². The zero-order valence-electron chi connectivity index (χ0n) is 18.9. The summed E-state index contributed by atoms with van der Waals surface area (Å²) in [6.45, 7) is 3.38. The number of anilines is 1. The third kappa shape index (κ3) is 5.04. The van der Waals surface area contributed by atoms with Gasteiger partial charge in [-0.05, 0) is 17.7 Å². The molecule has 0 saturated carbocycles. The number of rotatable bonds is 6. The molecule has 0 spiro atoms. The Morgan fingerprint density at radius 3 is 2.24 bits per heavy atom. The molecule has 0 atom stereocenters. The molecule has 0 radical (unpaired) electrons. The number of benzene rings is 2. The van der Waals surface area contributed by atoms with Gasteiger partial charge in [0, 0.05) is 62.0 Å². The first-order chi connectivity index (χ1) is 16.8. The van der Waals surface area contributed by atoms with Gasteiger partial charge in [0.1, 0.15) is 0 Å². The Labute approximate surface area is 199 Å². The van der Waals surface area contributed by atoms with Crippen molar-refractivity contribution in [2.45, 2.75) is 6.54 Å². The molecule has 1 amide bonds. The van der Waals surface area contributed by atoms with Crippen molar-refractivity contribution in [2.24, 2.45) is 0 Å². The van der Waals surface area contributed by atoms with E-state index in [0.29, 0.717) is 38.7 Å². The molecule has 0 unspecified atom stereocenters. The molecule has 1 saturated heterocycles. The smallest absolute Gasteiger partial charge is 0.246 e. The minimum atomic E-state index is 0.00320. The monoisotopic (exact) mass is 450 g/mol. The Hall–Kier alpha value is -4.26. The molecular weight excluding hydrogens is 424 g/mol. The lowest BCUT2D eigenvalue weighted by molar-refractivity contribution is -0.126. The summed E-state index contributed by atoms with van der Waals surface area (Å²) in [6, 6.07) is 22.1. The molecule has 5 rings (SSSR count). The average molecular weight is 451 g/mol. The zero-order chi connectivity index (χ0) is 23.2. The molecule has 2 aromatic heterocycles. The maximum absolute atomic E-state index is 12.9. The Kier molecular flexibility index (Phi) is 6.42. The highest BCUT2D eigenvalue weighted by molar-refractivity contribution is 5.93. The average Bonchev–Trinajstić information content (AvgIpc) is 3.31. The van der Waals surface area contributed by atoms with Crippen LogP contribution in [0.1, 0.15) is 11.1 Å². The molecule has 0 N–H and O–H groups in total. The van der Waals surface area contributed by atoms with Gasteiger partial charge in [0.15, 0.2) is 0 Å². The summed E-state index contributed by atoms with van der Waals surface area (Å²) in [5, 5.41) is 4.83. The standard InChI is InChI=1S/C27H26N6O/c34-25(31-16-18-32(19-17-31)27-28-14-7-15-29-27)13-12-24-21-33(20-22-8-3-1-4-9-22)30-26(24)23-10-5-2-6-11-23/h1-15,21H,16-20H2. The molecular formula is C27H26N6O. The number of piperazine rings is 1. The van der Waals surface area contributed by atoms with Crippen LogP contribution in [0.2, 0.25) is 0 Å². The van der Waals surface area contributed by atoms with Crippen LogP contribution < -0.4 is 4.90 Å². The number of nitrogens with zero attached hydrogens (tertiary/aromatic N) is 6. The lowest BCUT2D eigenvalue weighted by Gasteiger charge is -2.34. The summed E-state index contributed by atoms with van der Waals surface area (Å²) >= 11 is 0. The lowest BCUT2D eigenvalue weighted by atomic mass is 10.1. The van der Waals surface area contributed by atoms with E-state index in [1.54, 1.807) is 24.5 Å². The Bertz CT molecular complexity index is 1250. The number of carbonyl (C=O) groups excluding carboxylic acids is 1. The van der Waals surface area contributed by atoms with Crippen molar-refractivity contribution in [3.05, 3.63) is 103 Å². The van der Waals surface area contributed by atoms with Crippen molar-refractivity contribution in [3.8, 4) is 11.3 Å². The topological polar surface area (TPSA) is 67.2 Å². The fourth-order valence-electron chi connectivity index (χ4n) is 4.08. The number of hydrogen-bond donors (Lipinski definition) is 0. The summed E-state index contributed by atoms with van der Waals surface area (Å²) in [5.41, 5.74) is 3.99. The van der Waals surface area contributed by atoms with Crippen LogP contribution in [0, 0.1) is 0 Å². The normalized spacial score (nSPS) is 14.0. The van der Waals surface area contributed by atoms with Gasteiger partial charge in [0.05, 0.1) is 12.2 Å². The second kappa shape index (κ2) is 10.1. The minimum absolute atomic E-state index is 0.00320. The first kappa shape index (κ1) is 21.6. The van der Waals surface area contributed by atoms with Gasteiger partial charge < -0.3 is 9.80 Å². The summed E-state index contributed by atoms with van der Waals surface area (Å²) < 4.78 is 1.93. The summed E-state index contributed by atoms with van der Waals surface area (Å²) in [5.74, 6) is 0.715. The predicted octanol–water partition coefficient (Wildman–Crippen LogP) is 3.75. The van der Waals surface area contributed by atoms with E-state index in [4.69, 9.17) is 5.10 Å². The molecule has 3 heterocycles. The number of aromatic nitrogens is 4. The molecule has 2 aromatic carbocycles. The van der Waals surface area contributed by atoms with E-state index in [9.17, 15) is 4.79 Å². The van der Waals surface area contributed by atoms with Gasteiger partial charge in [0.25, 0.3) is 0 Å². The van der Waals surface area contributed by atoms with E-state index >= 15 is 0 Å². The quantitative estimate of drug-likeness (QED) is 0.419. The van der Waals surface area contributed by atoms with Crippen molar-refractivity contribution in [3.63, 3.8) is 0 Å². The molecule has 7 heteroatoms. The van der Waals surface area contributed by atoms with E-state index in [2.05, 4.69) is 27.0 Å². The molecule has 1 fully saturated rings. The van der Waals surface area contributed by atoms with Gasteiger partial charge >= 0.3 is 0 Å². The van der Waals surface area contributed by atoms with Crippen LogP contribution >= 0.6 is 0 Å². The highest BCUT2D eigenvalue weighted by Gasteiger charge is 2.21. The van der Waals surface area contributed by atoms with Crippen LogP contribution in [0.5, 0.6) is 0 Å². The Balaban J connectivity index is 1.30. The highest BCUT2D eigenvalue weighted by Crippen LogP contribution is 2.24. The summed E-state index contributed by atoms with van der Waals surface area (Å²) in [7, 11) is 0. The van der Waals surface area contributed by atoms with Gasteiger partial charge in [-0.1, -0.05) is 60.7 Å². The molecule has 34 heavy (non-hydrogen) atoms. The lowest BCUT2D eigenvalue weighted by Crippen LogP contribution is -2.48. The van der Waals surface area contributed by atoms with Crippen LogP contribution in [0.3, 0.4) is 0 Å². The first-order valence-corrected chi connectivity index (χ1v) is 11.4. The highest BCUT2D eigenvalue weighted by atomic mass is 16.2. The number of hydrogen-bond acceptors (Lipinski definition) is 5. The molecule has 1 aliphatic rings. The summed E-state index contributed by atoms with van der Waals surface area (Å²) in [6.07, 6.45) is 9.02. The molecule has 0 bridgehead atoms. The molecule has 170 valence electrons. The minimum Gasteiger partial charge on any atom is -0.337 e. The fourth-order valence-corrected chi connectivity index (χ4v) is 4.08. The van der Waals surface area contributed by atoms with Crippen molar-refractivity contribution in [1.82, 2.24) is 24.6 Å². The van der Waals surface area contributed by atoms with Gasteiger partial charge in [-0.2, -0.15) is 5.10 Å². The molecule has 7 nitrogen and oxygen atoms in total. The molecule has 1 aliphatic heterocycles. The Morgan fingerprint density at radius 2 is 1.53 bits per heavy atom. The van der Waals surface area contributed by atoms with Gasteiger partial charge in [-0.3, -0.25) is 9.48 Å². The van der Waals surface area contributed by atoms with Gasteiger partial charge in [-0.15, -0.1) is 0 Å². The third-order valence-corrected chi connectivity index (χ3v) is 5.86. The largest absolute Gasteiger partial charge is 0.337 e. The zero-order valence-corrected chi connectivity index (χ0v) is 18.9. The molecule has 0 aliphatic carbocycles. The van der Waals surface area contributed by atoms with Gasteiger partial charge in [0.2, 0.25) is 11.9 Å². The fraction of sp³-hybridized carbons (Fsp3) is 0.185. The molecule has 4 aromatic rings. The maximum Gasteiger partial charge on any atom is 0.246 e. The second-order valence-corrected chi connectivity index (χ2v) is 8.18. The van der Waals surface area contributed by atoms with Crippen molar-refractivity contribution in [2.75, 3.05) is 31.1 Å². The van der Waals surface area contributed by atoms with E-state index in [-0.39, 0.29) is 5.91 Å². The SMILES string of the molecule is O=C(C=Cc1cn(Cc2ccccc2)nc1-c1ccccc1)N1CCN(c2ncccn2)CC1. The van der Waals surface area contributed by atoms with Crippen LogP contribution in [-0.4, -0.2) is 56.7 Å². The van der Waals surface area contributed by atoms with Gasteiger partial charge in [-0.25, -0.2) is 9.97 Å². The predicted molar refractivity (Wildman–Crippen MR) is 133 cm³/mol. The van der Waals surface area contributed by atoms with E-state index in [1.165, 1.54) is 5.56 Å². The van der Waals surface area contributed by atoms with Crippen molar-refractivity contribution >= 4 is 17.9 Å². The van der Waals surface area contributed by atoms with Crippen LogP contribution in [0.4, 0.5) is 5.95 Å². The van der Waals surface area contributed by atoms with Crippen molar-refractivity contribution < 1.29 is 4.79 Å². The first-order valence-electron chi connectivity index (χ1n) is 11.4. The number of carbonyl (C=O) groups is 1. The number of amides is 1. The summed E-state index contributed by atoms with van der Waals surface area (Å²) in [4.78, 5) is 25.5. The van der Waals surface area contributed by atoms with Crippen LogP contribution in [0.25, 0.3) is 17.3 Å². The van der Waals surface area contributed by atoms with Crippen LogP contribution in [-0.2, 0) is 11.3 Å². The Morgan fingerprint density at radius 1 is 0.853 bits per heavy atom. The van der Waals surface area contributed by atoms with E-state index < -0.39 is 0 Å². The van der Waals surface area contributed by atoms with E-state index in [1.807, 2.05) is 70.4 Å². The van der Waals surface area contributed by atoms with Crippen molar-refractivity contribution in [1.29, 1.82) is 0 Å². The maximum atomic E-state index is 12.9. The van der Waals surface area contributed by atoms with Crippen LogP contribution in [0.15, 0.2) is 91.4 Å². The third-order valence-electron chi connectivity index (χ3n) is 5.86. The second-order valence-electron chi connectivity index (χ2n) is 8.18.